The summed E-state index contributed by atoms with van der Waals surface area (Å²) in [6, 6.07) is 15.4. The Balaban J connectivity index is 1.23. The monoisotopic (exact) mass is 758 g/mol. The molecular weight excluding hydrogens is 726 g/mol. The highest BCUT2D eigenvalue weighted by molar-refractivity contribution is 5.95. The van der Waals surface area contributed by atoms with Crippen LogP contribution in [0.2, 0.25) is 0 Å². The van der Waals surface area contributed by atoms with Crippen molar-refractivity contribution in [2.24, 2.45) is 9.98 Å². The maximum atomic E-state index is 13.3. The first-order valence-corrected chi connectivity index (χ1v) is 16.4. The van der Waals surface area contributed by atoms with Gasteiger partial charge in [-0.2, -0.15) is 46.7 Å². The molecule has 284 valence electrons. The van der Waals surface area contributed by atoms with Crippen LogP contribution in [-0.4, -0.2) is 94.8 Å². The Kier molecular flexibility index (Phi) is 11.2. The highest BCUT2D eigenvalue weighted by atomic mass is 19.4. The highest BCUT2D eigenvalue weighted by Crippen LogP contribution is 2.34. The molecule has 2 aliphatic heterocycles. The summed E-state index contributed by atoms with van der Waals surface area (Å²) < 4.78 is 81.6. The minimum Gasteiger partial charge on any atom is -0.370 e. The molecule has 4 aromatic rings. The van der Waals surface area contributed by atoms with Crippen LogP contribution in [0.4, 0.5) is 37.7 Å². The molecule has 20 heteroatoms. The van der Waals surface area contributed by atoms with Crippen molar-refractivity contribution in [3.8, 4) is 22.5 Å². The molecule has 0 saturated heterocycles. The second-order valence-electron chi connectivity index (χ2n) is 11.8. The fraction of sp³-hybridized carbons (Fsp3) is 0.294. The van der Waals surface area contributed by atoms with E-state index in [0.29, 0.717) is 37.9 Å². The molecule has 0 atom stereocenters. The second kappa shape index (κ2) is 16.1. The van der Waals surface area contributed by atoms with Crippen LogP contribution in [0.15, 0.2) is 95.2 Å². The number of halogens is 6. The van der Waals surface area contributed by atoms with Crippen molar-refractivity contribution in [1.82, 2.24) is 30.2 Å². The van der Waals surface area contributed by atoms with Crippen molar-refractivity contribution >= 4 is 35.0 Å². The van der Waals surface area contributed by atoms with Gasteiger partial charge in [-0.1, -0.05) is 36.4 Å². The lowest BCUT2D eigenvalue weighted by Gasteiger charge is -2.26. The number of alkyl halides is 6. The first kappa shape index (κ1) is 37.4. The summed E-state index contributed by atoms with van der Waals surface area (Å²) in [4.78, 5) is 46.4. The third-order valence-electron chi connectivity index (χ3n) is 7.82. The molecule has 0 amide bonds. The fourth-order valence-electron chi connectivity index (χ4n) is 5.66. The zero-order valence-corrected chi connectivity index (χ0v) is 28.2. The third kappa shape index (κ3) is 9.75. The van der Waals surface area contributed by atoms with Crippen LogP contribution >= 0.6 is 0 Å². The number of anilines is 2. The number of rotatable bonds is 14. The van der Waals surface area contributed by atoms with Crippen LogP contribution in [-0.2, 0) is 32.4 Å². The molecule has 0 spiro atoms. The highest BCUT2D eigenvalue weighted by Gasteiger charge is 2.32. The maximum absolute atomic E-state index is 13.3. The Labute approximate surface area is 303 Å². The number of aliphatic imine (C=N–C) groups is 2. The predicted molar refractivity (Wildman–Crippen MR) is 184 cm³/mol. The van der Waals surface area contributed by atoms with Crippen LogP contribution in [0.25, 0.3) is 22.5 Å². The van der Waals surface area contributed by atoms with Crippen molar-refractivity contribution in [3.05, 3.63) is 85.2 Å². The number of carbonyl (C=O) groups excluding carboxylic acids is 2. The Morgan fingerprint density at radius 2 is 1.07 bits per heavy atom. The van der Waals surface area contributed by atoms with Crippen LogP contribution in [0.5, 0.6) is 0 Å². The van der Waals surface area contributed by atoms with E-state index in [4.69, 9.17) is 9.68 Å². The van der Waals surface area contributed by atoms with Gasteiger partial charge >= 0.3 is 24.3 Å². The number of aromatic nitrogens is 4. The van der Waals surface area contributed by atoms with Crippen molar-refractivity contribution in [3.63, 3.8) is 0 Å². The van der Waals surface area contributed by atoms with Gasteiger partial charge in [-0.25, -0.2) is 9.59 Å². The Bertz CT molecular complexity index is 1910. The topological polar surface area (TPSA) is 144 Å². The van der Waals surface area contributed by atoms with Crippen LogP contribution < -0.4 is 20.8 Å². The zero-order valence-electron chi connectivity index (χ0n) is 28.2. The average Bonchev–Trinajstić information content (AvgIpc) is 3.96. The molecule has 2 aliphatic rings. The molecule has 0 saturated carbocycles. The molecule has 2 aromatic heterocycles. The molecule has 0 unspecified atom stereocenters. The van der Waals surface area contributed by atoms with Crippen LogP contribution in [0.1, 0.15) is 0 Å². The van der Waals surface area contributed by atoms with Crippen LogP contribution in [0.3, 0.4) is 0 Å². The molecular formula is C34H32F6N10O4. The molecule has 6 rings (SSSR count). The van der Waals surface area contributed by atoms with E-state index in [-0.39, 0.29) is 47.0 Å². The first-order valence-electron chi connectivity index (χ1n) is 16.4. The number of hydrogen-bond acceptors (Lipinski definition) is 12. The minimum atomic E-state index is -4.56. The van der Waals surface area contributed by atoms with Crippen molar-refractivity contribution < 1.29 is 45.6 Å². The smallest absolute Gasteiger partial charge is 0.370 e. The van der Waals surface area contributed by atoms with Gasteiger partial charge in [0.05, 0.1) is 35.9 Å². The molecule has 0 radical (unpaired) electrons. The molecule has 4 heterocycles. The third-order valence-corrected chi connectivity index (χ3v) is 7.82. The zero-order chi connectivity index (χ0) is 38.3. The number of benzene rings is 2. The van der Waals surface area contributed by atoms with E-state index in [0.717, 1.165) is 31.6 Å². The van der Waals surface area contributed by atoms with E-state index >= 15 is 0 Å². The van der Waals surface area contributed by atoms with E-state index in [2.05, 4.69) is 30.8 Å². The quantitative estimate of drug-likeness (QED) is 0.108. The maximum Gasteiger partial charge on any atom is 0.408 e. The standard InChI is InChI=1S/C34H32F6N10O4/c35-33(36,37)21-47-25(11-13-45-47)23-5-1-3-7-27(23)49(19-29-41-15-16-42-29)53-31(51)9-10-32(52)54-50(20-30-43-17-18-44-30)28-8-4-2-6-24(28)26-12-14-46-48(26)22-34(38,39)40/h1-14H,15-22H2,(H,41,42)(H,43,44)/b10-9+. The van der Waals surface area contributed by atoms with Gasteiger partial charge in [-0.3, -0.25) is 19.3 Å². The lowest BCUT2D eigenvalue weighted by Crippen LogP contribution is -2.37. The lowest BCUT2D eigenvalue weighted by molar-refractivity contribution is -0.143. The van der Waals surface area contributed by atoms with Gasteiger partial charge < -0.3 is 20.3 Å². The largest absolute Gasteiger partial charge is 0.408 e. The SMILES string of the molecule is O=C(/C=C/C(=O)ON(CC1=NCCN1)c1ccccc1-c1ccnn1CC(F)(F)F)ON(CC1=NCCN1)c1ccccc1-c1ccnn1CC(F)(F)F. The summed E-state index contributed by atoms with van der Waals surface area (Å²) in [5, 5.41) is 16.0. The Morgan fingerprint density at radius 1 is 0.667 bits per heavy atom. The van der Waals surface area contributed by atoms with Crippen molar-refractivity contribution in [1.29, 1.82) is 0 Å². The Morgan fingerprint density at radius 3 is 1.44 bits per heavy atom. The molecule has 2 aromatic carbocycles. The van der Waals surface area contributed by atoms with Gasteiger partial charge in [0, 0.05) is 48.8 Å². The molecule has 2 N–H and O–H groups in total. The summed E-state index contributed by atoms with van der Waals surface area (Å²) in [6.45, 7) is -0.984. The number of nitrogens with zero attached hydrogens (tertiary/aromatic N) is 8. The average molecular weight is 759 g/mol. The number of hydrogen-bond donors (Lipinski definition) is 2. The molecule has 0 fully saturated rings. The van der Waals surface area contributed by atoms with E-state index in [1.54, 1.807) is 36.4 Å². The summed E-state index contributed by atoms with van der Waals surface area (Å²) in [5.74, 6) is -1.21. The molecule has 0 bridgehead atoms. The van der Waals surface area contributed by atoms with E-state index < -0.39 is 37.4 Å². The predicted octanol–water partition coefficient (Wildman–Crippen LogP) is 4.33. The molecule has 54 heavy (non-hydrogen) atoms. The van der Waals surface area contributed by atoms with E-state index in [1.165, 1.54) is 36.7 Å². The van der Waals surface area contributed by atoms with E-state index in [9.17, 15) is 35.9 Å². The molecule has 0 aliphatic carbocycles. The number of carbonyl (C=O) groups is 2. The molecule has 14 nitrogen and oxygen atoms in total. The summed E-state index contributed by atoms with van der Waals surface area (Å²) in [7, 11) is 0. The van der Waals surface area contributed by atoms with Gasteiger partial charge in [-0.05, 0) is 24.3 Å². The van der Waals surface area contributed by atoms with Gasteiger partial charge in [0.2, 0.25) is 0 Å². The number of para-hydroxylation sites is 2. The van der Waals surface area contributed by atoms with Crippen LogP contribution in [0, 0.1) is 0 Å². The van der Waals surface area contributed by atoms with E-state index in [1.807, 2.05) is 0 Å². The summed E-state index contributed by atoms with van der Waals surface area (Å²) in [5.41, 5.74) is 1.16. The number of hydroxylamine groups is 2. The normalized spacial score (nSPS) is 14.3. The Hall–Kier alpha value is -6.34. The second-order valence-corrected chi connectivity index (χ2v) is 11.8. The number of amidine groups is 2. The summed E-state index contributed by atoms with van der Waals surface area (Å²) >= 11 is 0. The first-order chi connectivity index (χ1) is 25.8. The summed E-state index contributed by atoms with van der Waals surface area (Å²) in [6.07, 6.45) is -5.08. The van der Waals surface area contributed by atoms with Gasteiger partial charge in [0.25, 0.3) is 0 Å². The van der Waals surface area contributed by atoms with Gasteiger partial charge in [0.1, 0.15) is 37.9 Å². The fourth-order valence-corrected chi connectivity index (χ4v) is 5.66. The van der Waals surface area contributed by atoms with Gasteiger partial charge in [0.15, 0.2) is 0 Å². The van der Waals surface area contributed by atoms with Crippen molar-refractivity contribution in [2.45, 2.75) is 25.4 Å². The van der Waals surface area contributed by atoms with Crippen molar-refractivity contribution in [2.75, 3.05) is 49.4 Å². The van der Waals surface area contributed by atoms with Gasteiger partial charge in [-0.15, -0.1) is 0 Å². The minimum absolute atomic E-state index is 0.104. The lowest BCUT2D eigenvalue weighted by atomic mass is 10.1. The number of nitrogens with one attached hydrogen (secondary N) is 2.